The van der Waals surface area contributed by atoms with E-state index in [2.05, 4.69) is 21.2 Å². The third-order valence-electron chi connectivity index (χ3n) is 2.25. The number of carbonyl (C=O) groups is 2. The molecular formula is C12H8BrNO4S2. The van der Waals surface area contributed by atoms with E-state index >= 15 is 0 Å². The van der Waals surface area contributed by atoms with Gasteiger partial charge in [-0.15, -0.1) is 0 Å². The van der Waals surface area contributed by atoms with Gasteiger partial charge in [0.15, 0.2) is 6.61 Å². The molecule has 0 saturated carbocycles. The number of thiocarbonyl (C=S) groups is 1. The Hall–Kier alpha value is -1.38. The molecule has 1 aromatic carbocycles. The Morgan fingerprint density at radius 1 is 1.55 bits per heavy atom. The number of hydrogen-bond acceptors (Lipinski definition) is 5. The van der Waals surface area contributed by atoms with Gasteiger partial charge in [0.25, 0.3) is 5.91 Å². The van der Waals surface area contributed by atoms with Crippen LogP contribution >= 0.6 is 39.9 Å². The van der Waals surface area contributed by atoms with Gasteiger partial charge in [-0.3, -0.25) is 4.79 Å². The highest BCUT2D eigenvalue weighted by molar-refractivity contribution is 9.10. The molecule has 2 N–H and O–H groups in total. The third kappa shape index (κ3) is 3.81. The van der Waals surface area contributed by atoms with Crippen molar-refractivity contribution in [1.29, 1.82) is 0 Å². The molecular weight excluding hydrogens is 366 g/mol. The van der Waals surface area contributed by atoms with Gasteiger partial charge in [-0.1, -0.05) is 39.9 Å². The standard InChI is InChI=1S/C12H8BrNO4S2/c13-7-1-2-8(18-5-10(15)16)6(3-7)4-9-11(17)14-12(19)20-9/h1-4H,5H2,(H,15,16)(H,14,17,19). The highest BCUT2D eigenvalue weighted by Gasteiger charge is 2.22. The van der Waals surface area contributed by atoms with Crippen molar-refractivity contribution in [2.75, 3.05) is 6.61 Å². The van der Waals surface area contributed by atoms with Crippen LogP contribution in [-0.2, 0) is 9.59 Å². The number of carboxylic acids is 1. The normalized spacial score (nSPS) is 16.4. The Bertz CT molecular complexity index is 630. The summed E-state index contributed by atoms with van der Waals surface area (Å²) in [6, 6.07) is 5.10. The Morgan fingerprint density at radius 3 is 2.90 bits per heavy atom. The predicted molar refractivity (Wildman–Crippen MR) is 83.6 cm³/mol. The van der Waals surface area contributed by atoms with E-state index in [-0.39, 0.29) is 5.91 Å². The number of carbonyl (C=O) groups excluding carboxylic acids is 1. The number of halogens is 1. The predicted octanol–water partition coefficient (Wildman–Crippen LogP) is 2.40. The summed E-state index contributed by atoms with van der Waals surface area (Å²) in [6.45, 7) is -0.449. The van der Waals surface area contributed by atoms with Crippen LogP contribution in [0.3, 0.4) is 0 Å². The molecule has 0 aromatic heterocycles. The van der Waals surface area contributed by atoms with Gasteiger partial charge in [0.2, 0.25) is 0 Å². The summed E-state index contributed by atoms with van der Waals surface area (Å²) in [5, 5.41) is 11.2. The molecule has 1 heterocycles. The zero-order valence-electron chi connectivity index (χ0n) is 9.88. The summed E-state index contributed by atoms with van der Waals surface area (Å²) in [4.78, 5) is 22.6. The Kier molecular flexibility index (Phi) is 4.79. The summed E-state index contributed by atoms with van der Waals surface area (Å²) in [5.74, 6) is -0.959. The van der Waals surface area contributed by atoms with Gasteiger partial charge >= 0.3 is 5.97 Å². The molecule has 5 nitrogen and oxygen atoms in total. The maximum atomic E-state index is 11.6. The fourth-order valence-corrected chi connectivity index (χ4v) is 2.88. The van der Waals surface area contributed by atoms with Crippen LogP contribution in [0.2, 0.25) is 0 Å². The number of benzene rings is 1. The molecule has 0 atom stereocenters. The topological polar surface area (TPSA) is 75.6 Å². The van der Waals surface area contributed by atoms with Crippen molar-refractivity contribution < 1.29 is 19.4 Å². The van der Waals surface area contributed by atoms with E-state index in [9.17, 15) is 9.59 Å². The van der Waals surface area contributed by atoms with Crippen LogP contribution < -0.4 is 10.1 Å². The lowest BCUT2D eigenvalue weighted by atomic mass is 10.2. The minimum Gasteiger partial charge on any atom is -0.481 e. The third-order valence-corrected chi connectivity index (χ3v) is 3.91. The Balaban J connectivity index is 2.32. The van der Waals surface area contributed by atoms with Crippen molar-refractivity contribution in [3.63, 3.8) is 0 Å². The highest BCUT2D eigenvalue weighted by atomic mass is 79.9. The van der Waals surface area contributed by atoms with E-state index in [1.807, 2.05) is 0 Å². The molecule has 104 valence electrons. The molecule has 1 aromatic rings. The number of nitrogens with one attached hydrogen (secondary N) is 1. The Labute approximate surface area is 132 Å². The number of aliphatic carboxylic acids is 1. The number of carboxylic acid groups (broad SMARTS) is 1. The quantitative estimate of drug-likeness (QED) is 0.623. The second kappa shape index (κ2) is 6.38. The highest BCUT2D eigenvalue weighted by Crippen LogP contribution is 2.31. The van der Waals surface area contributed by atoms with Crippen LogP contribution in [0.4, 0.5) is 0 Å². The fraction of sp³-hybridized carbons (Fsp3) is 0.0833. The maximum absolute atomic E-state index is 11.6. The smallest absolute Gasteiger partial charge is 0.341 e. The number of thioether (sulfide) groups is 1. The van der Waals surface area contributed by atoms with E-state index in [0.717, 1.165) is 16.2 Å². The number of rotatable bonds is 4. The van der Waals surface area contributed by atoms with Gasteiger partial charge in [-0.05, 0) is 24.3 Å². The lowest BCUT2D eigenvalue weighted by Crippen LogP contribution is -2.17. The van der Waals surface area contributed by atoms with Gasteiger partial charge in [0.1, 0.15) is 10.1 Å². The zero-order chi connectivity index (χ0) is 14.7. The van der Waals surface area contributed by atoms with Crippen molar-refractivity contribution in [2.45, 2.75) is 0 Å². The molecule has 0 spiro atoms. The molecule has 0 unspecified atom stereocenters. The van der Waals surface area contributed by atoms with Gasteiger partial charge in [0, 0.05) is 10.0 Å². The second-order valence-electron chi connectivity index (χ2n) is 3.72. The van der Waals surface area contributed by atoms with Crippen molar-refractivity contribution in [1.82, 2.24) is 5.32 Å². The monoisotopic (exact) mass is 373 g/mol. The van der Waals surface area contributed by atoms with Gasteiger partial charge in [0.05, 0.1) is 4.91 Å². The largest absolute Gasteiger partial charge is 0.481 e. The molecule has 1 fully saturated rings. The molecule has 2 rings (SSSR count). The van der Waals surface area contributed by atoms with E-state index < -0.39 is 12.6 Å². The minimum atomic E-state index is -1.07. The van der Waals surface area contributed by atoms with Crippen LogP contribution in [0, 0.1) is 0 Å². The van der Waals surface area contributed by atoms with Gasteiger partial charge in [-0.25, -0.2) is 4.79 Å². The lowest BCUT2D eigenvalue weighted by Gasteiger charge is -2.08. The molecule has 1 amide bonds. The van der Waals surface area contributed by atoms with E-state index in [1.54, 1.807) is 24.3 Å². The van der Waals surface area contributed by atoms with Crippen molar-refractivity contribution >= 4 is 62.2 Å². The number of amides is 1. The van der Waals surface area contributed by atoms with Crippen LogP contribution in [0.25, 0.3) is 6.08 Å². The summed E-state index contributed by atoms with van der Waals surface area (Å²) < 4.78 is 6.37. The van der Waals surface area contributed by atoms with E-state index in [4.69, 9.17) is 22.1 Å². The summed E-state index contributed by atoms with van der Waals surface area (Å²) in [7, 11) is 0. The van der Waals surface area contributed by atoms with Gasteiger partial charge in [-0.2, -0.15) is 0 Å². The first-order valence-corrected chi connectivity index (χ1v) is 7.36. The van der Waals surface area contributed by atoms with Crippen LogP contribution in [0.15, 0.2) is 27.6 Å². The van der Waals surface area contributed by atoms with Crippen LogP contribution in [-0.4, -0.2) is 27.9 Å². The molecule has 8 heteroatoms. The van der Waals surface area contributed by atoms with Gasteiger partial charge < -0.3 is 15.2 Å². The minimum absolute atomic E-state index is 0.274. The first-order chi connectivity index (χ1) is 9.45. The molecule has 1 aliphatic rings. The van der Waals surface area contributed by atoms with Crippen LogP contribution in [0.1, 0.15) is 5.56 Å². The molecule has 0 radical (unpaired) electrons. The molecule has 1 aliphatic heterocycles. The second-order valence-corrected chi connectivity index (χ2v) is 6.35. The van der Waals surface area contributed by atoms with Crippen LogP contribution in [0.5, 0.6) is 5.75 Å². The molecule has 0 aliphatic carbocycles. The maximum Gasteiger partial charge on any atom is 0.341 e. The first-order valence-electron chi connectivity index (χ1n) is 5.34. The average Bonchev–Trinajstić information content (AvgIpc) is 2.66. The van der Waals surface area contributed by atoms with Crippen molar-refractivity contribution in [2.24, 2.45) is 0 Å². The fourth-order valence-electron chi connectivity index (χ4n) is 1.47. The number of hydrogen-bond donors (Lipinski definition) is 2. The lowest BCUT2D eigenvalue weighted by molar-refractivity contribution is -0.139. The summed E-state index contributed by atoms with van der Waals surface area (Å²) in [5.41, 5.74) is 0.600. The zero-order valence-corrected chi connectivity index (χ0v) is 13.1. The van der Waals surface area contributed by atoms with Crippen molar-refractivity contribution in [3.05, 3.63) is 33.1 Å². The number of ether oxygens (including phenoxy) is 1. The van der Waals surface area contributed by atoms with E-state index in [1.165, 1.54) is 0 Å². The van der Waals surface area contributed by atoms with Crippen molar-refractivity contribution in [3.8, 4) is 5.75 Å². The SMILES string of the molecule is O=C(O)COc1ccc(Br)cc1C=C1SC(=S)NC1=O. The molecule has 20 heavy (non-hydrogen) atoms. The first kappa shape index (κ1) is 15.0. The average molecular weight is 374 g/mol. The summed E-state index contributed by atoms with van der Waals surface area (Å²) >= 11 is 9.38. The molecule has 1 saturated heterocycles. The summed E-state index contributed by atoms with van der Waals surface area (Å²) in [6.07, 6.45) is 1.61. The van der Waals surface area contributed by atoms with E-state index in [0.29, 0.717) is 20.5 Å². The Morgan fingerprint density at radius 2 is 2.30 bits per heavy atom. The molecule has 0 bridgehead atoms.